The first-order chi connectivity index (χ1) is 7.28. The van der Waals surface area contributed by atoms with E-state index >= 15 is 0 Å². The molecule has 0 aliphatic heterocycles. The lowest BCUT2D eigenvalue weighted by Crippen LogP contribution is -2.49. The van der Waals surface area contributed by atoms with E-state index in [1.54, 1.807) is 0 Å². The summed E-state index contributed by atoms with van der Waals surface area (Å²) in [4.78, 5) is 0. The summed E-state index contributed by atoms with van der Waals surface area (Å²) < 4.78 is 0. The Kier molecular flexibility index (Phi) is 2.55. The maximum absolute atomic E-state index is 9.52. The molecule has 0 unspecified atom stereocenters. The Bertz CT molecular complexity index is 339. The van der Waals surface area contributed by atoms with Crippen LogP contribution in [0.15, 0.2) is 11.1 Å². The van der Waals surface area contributed by atoms with E-state index < -0.39 is 0 Å². The van der Waals surface area contributed by atoms with Crippen LogP contribution in [0.2, 0.25) is 0 Å². The lowest BCUT2D eigenvalue weighted by atomic mass is 9.47. The van der Waals surface area contributed by atoms with Gasteiger partial charge in [-0.05, 0) is 48.0 Å². The predicted molar refractivity (Wildman–Crippen MR) is 68.2 cm³/mol. The lowest BCUT2D eigenvalue weighted by Gasteiger charge is -2.57. The number of aliphatic hydroxyl groups excluding tert-OH is 1. The highest BCUT2D eigenvalue weighted by Gasteiger charge is 2.59. The molecule has 1 nitrogen and oxygen atoms in total. The summed E-state index contributed by atoms with van der Waals surface area (Å²) in [5, 5.41) is 9.52. The number of hydrogen-bond acceptors (Lipinski definition) is 1. The fraction of sp³-hybridized carbons (Fsp3) is 0.867. The smallest absolute Gasteiger partial charge is 0.0644 e. The Balaban J connectivity index is 2.55. The van der Waals surface area contributed by atoms with Crippen LogP contribution >= 0.6 is 0 Å². The first-order valence-electron chi connectivity index (χ1n) is 6.58. The molecule has 2 atom stereocenters. The molecule has 1 heteroatoms. The molecule has 0 aromatic carbocycles. The molecule has 92 valence electrons. The molecule has 1 saturated carbocycles. The SMILES string of the molecule is CC1=C(CO)C[C@]2(C)CCCC(C)(C)[C@]12C. The van der Waals surface area contributed by atoms with Crippen LogP contribution in [0.3, 0.4) is 0 Å². The molecule has 16 heavy (non-hydrogen) atoms. The highest BCUT2D eigenvalue weighted by atomic mass is 16.3. The van der Waals surface area contributed by atoms with E-state index in [-0.39, 0.29) is 12.0 Å². The summed E-state index contributed by atoms with van der Waals surface area (Å²) in [6.45, 7) is 12.2. The van der Waals surface area contributed by atoms with Crippen molar-refractivity contribution in [3.63, 3.8) is 0 Å². The zero-order valence-corrected chi connectivity index (χ0v) is 11.5. The van der Waals surface area contributed by atoms with E-state index in [2.05, 4.69) is 34.6 Å². The van der Waals surface area contributed by atoms with E-state index in [1.807, 2.05) is 0 Å². The van der Waals surface area contributed by atoms with E-state index in [9.17, 15) is 5.11 Å². The molecule has 0 heterocycles. The summed E-state index contributed by atoms with van der Waals surface area (Å²) in [6, 6.07) is 0. The number of hydrogen-bond donors (Lipinski definition) is 1. The largest absolute Gasteiger partial charge is 0.392 e. The summed E-state index contributed by atoms with van der Waals surface area (Å²) in [6.07, 6.45) is 5.07. The normalized spacial score (nSPS) is 42.4. The van der Waals surface area contributed by atoms with Gasteiger partial charge in [-0.15, -0.1) is 0 Å². The summed E-state index contributed by atoms with van der Waals surface area (Å²) in [5.41, 5.74) is 3.79. The van der Waals surface area contributed by atoms with E-state index in [1.165, 1.54) is 30.4 Å². The van der Waals surface area contributed by atoms with Crippen LogP contribution in [0.5, 0.6) is 0 Å². The second-order valence-corrected chi connectivity index (χ2v) is 6.99. The van der Waals surface area contributed by atoms with Crippen molar-refractivity contribution in [1.82, 2.24) is 0 Å². The second kappa shape index (κ2) is 3.35. The molecule has 2 rings (SSSR count). The molecule has 2 aliphatic rings. The molecule has 0 aromatic rings. The zero-order valence-electron chi connectivity index (χ0n) is 11.5. The van der Waals surface area contributed by atoms with Crippen LogP contribution in [0, 0.1) is 16.2 Å². The van der Waals surface area contributed by atoms with Gasteiger partial charge in [0.05, 0.1) is 6.61 Å². The fourth-order valence-electron chi connectivity index (χ4n) is 4.59. The van der Waals surface area contributed by atoms with Gasteiger partial charge in [0.1, 0.15) is 0 Å². The van der Waals surface area contributed by atoms with E-state index in [0.29, 0.717) is 10.8 Å². The van der Waals surface area contributed by atoms with Gasteiger partial charge in [0, 0.05) is 0 Å². The number of allylic oxidation sites excluding steroid dienone is 1. The molecule has 0 radical (unpaired) electrons. The summed E-state index contributed by atoms with van der Waals surface area (Å²) in [7, 11) is 0. The molecular formula is C15H26O. The van der Waals surface area contributed by atoms with Gasteiger partial charge in [0.25, 0.3) is 0 Å². The van der Waals surface area contributed by atoms with Crippen LogP contribution in [0.25, 0.3) is 0 Å². The van der Waals surface area contributed by atoms with E-state index in [0.717, 1.165) is 6.42 Å². The van der Waals surface area contributed by atoms with Crippen molar-refractivity contribution < 1.29 is 5.11 Å². The highest BCUT2D eigenvalue weighted by molar-refractivity contribution is 5.35. The van der Waals surface area contributed by atoms with Gasteiger partial charge in [-0.25, -0.2) is 0 Å². The Morgan fingerprint density at radius 2 is 1.75 bits per heavy atom. The van der Waals surface area contributed by atoms with Gasteiger partial charge in [-0.3, -0.25) is 0 Å². The van der Waals surface area contributed by atoms with Crippen molar-refractivity contribution in [2.75, 3.05) is 6.61 Å². The predicted octanol–water partition coefficient (Wildman–Crippen LogP) is 3.92. The first-order valence-corrected chi connectivity index (χ1v) is 6.58. The second-order valence-electron chi connectivity index (χ2n) is 6.99. The zero-order chi connectivity index (χ0) is 12.2. The molecule has 0 amide bonds. The van der Waals surface area contributed by atoms with Crippen LogP contribution in [-0.4, -0.2) is 11.7 Å². The highest BCUT2D eigenvalue weighted by Crippen LogP contribution is 2.69. The van der Waals surface area contributed by atoms with Crippen molar-refractivity contribution >= 4 is 0 Å². The minimum atomic E-state index is 0.257. The van der Waals surface area contributed by atoms with Gasteiger partial charge in [0.2, 0.25) is 0 Å². The van der Waals surface area contributed by atoms with Crippen molar-refractivity contribution in [1.29, 1.82) is 0 Å². The molecule has 1 N–H and O–H groups in total. The molecule has 1 fully saturated rings. The minimum Gasteiger partial charge on any atom is -0.392 e. The van der Waals surface area contributed by atoms with Crippen LogP contribution in [0.4, 0.5) is 0 Å². The fourth-order valence-corrected chi connectivity index (χ4v) is 4.59. The molecular weight excluding hydrogens is 196 g/mol. The first kappa shape index (κ1) is 12.2. The minimum absolute atomic E-state index is 0.257. The van der Waals surface area contributed by atoms with Gasteiger partial charge < -0.3 is 5.11 Å². The van der Waals surface area contributed by atoms with Crippen LogP contribution in [-0.2, 0) is 0 Å². The summed E-state index contributed by atoms with van der Waals surface area (Å²) >= 11 is 0. The van der Waals surface area contributed by atoms with Crippen molar-refractivity contribution in [2.45, 2.75) is 60.3 Å². The average molecular weight is 222 g/mol. The quantitative estimate of drug-likeness (QED) is 0.667. The standard InChI is InChI=1S/C15H26O/c1-11-12(10-16)9-14(4)8-6-7-13(2,3)15(11,14)5/h16H,6-10H2,1-5H3/t14-,15-/m0/s1. The maximum Gasteiger partial charge on any atom is 0.0644 e. The Morgan fingerprint density at radius 3 is 2.25 bits per heavy atom. The third-order valence-corrected chi connectivity index (χ3v) is 6.17. The maximum atomic E-state index is 9.52. The monoisotopic (exact) mass is 222 g/mol. The van der Waals surface area contributed by atoms with Crippen molar-refractivity contribution in [3.05, 3.63) is 11.1 Å². The Morgan fingerprint density at radius 1 is 1.12 bits per heavy atom. The van der Waals surface area contributed by atoms with Gasteiger partial charge in [-0.1, -0.05) is 39.7 Å². The third kappa shape index (κ3) is 1.21. The number of aliphatic hydroxyl groups is 1. The molecule has 2 aliphatic carbocycles. The Labute approximate surface area is 99.9 Å². The molecule has 0 spiro atoms. The number of fused-ring (bicyclic) bond motifs is 1. The summed E-state index contributed by atoms with van der Waals surface area (Å²) in [5.74, 6) is 0. The lowest BCUT2D eigenvalue weighted by molar-refractivity contribution is -0.0468. The van der Waals surface area contributed by atoms with Gasteiger partial charge in [0.15, 0.2) is 0 Å². The Hall–Kier alpha value is -0.300. The topological polar surface area (TPSA) is 20.2 Å². The van der Waals surface area contributed by atoms with Gasteiger partial charge >= 0.3 is 0 Å². The molecule has 0 bridgehead atoms. The van der Waals surface area contributed by atoms with Crippen LogP contribution in [0.1, 0.15) is 60.3 Å². The third-order valence-electron chi connectivity index (χ3n) is 6.17. The molecule has 0 saturated heterocycles. The van der Waals surface area contributed by atoms with E-state index in [4.69, 9.17) is 0 Å². The van der Waals surface area contributed by atoms with Gasteiger partial charge in [-0.2, -0.15) is 0 Å². The van der Waals surface area contributed by atoms with Crippen molar-refractivity contribution in [3.8, 4) is 0 Å². The molecule has 0 aromatic heterocycles. The average Bonchev–Trinajstić information content (AvgIpc) is 2.40. The number of rotatable bonds is 1. The van der Waals surface area contributed by atoms with Crippen LogP contribution < -0.4 is 0 Å². The van der Waals surface area contributed by atoms with Crippen molar-refractivity contribution in [2.24, 2.45) is 16.2 Å².